The van der Waals surface area contributed by atoms with Crippen molar-refractivity contribution in [2.45, 2.75) is 20.8 Å². The number of carbonyl (C=O) groups excluding carboxylic acids is 2. The zero-order chi connectivity index (χ0) is 14.7. The predicted molar refractivity (Wildman–Crippen MR) is 76.6 cm³/mol. The van der Waals surface area contributed by atoms with Crippen LogP contribution < -0.4 is 0 Å². The fourth-order valence-corrected chi connectivity index (χ4v) is 1.80. The molecule has 0 amide bonds. The number of carbonyl (C=O) groups is 2. The first-order chi connectivity index (χ1) is 9.49. The summed E-state index contributed by atoms with van der Waals surface area (Å²) in [4.78, 5) is 28.2. The minimum Gasteiger partial charge on any atom is -0.312 e. The number of hydrogen-bond donors (Lipinski definition) is 0. The Labute approximate surface area is 117 Å². The average Bonchev–Trinajstić information content (AvgIpc) is 2.44. The van der Waals surface area contributed by atoms with E-state index >= 15 is 0 Å². The summed E-state index contributed by atoms with van der Waals surface area (Å²) < 4.78 is 0. The Balaban J connectivity index is 2.16. The molecule has 0 heterocycles. The molecule has 2 rings (SSSR count). The van der Waals surface area contributed by atoms with Gasteiger partial charge in [0.1, 0.15) is 5.71 Å². The lowest BCUT2D eigenvalue weighted by atomic mass is 9.97. The number of oxime groups is 1. The second-order valence-corrected chi connectivity index (χ2v) is 4.67. The van der Waals surface area contributed by atoms with Gasteiger partial charge in [-0.1, -0.05) is 22.9 Å². The van der Waals surface area contributed by atoms with Crippen LogP contribution in [0.25, 0.3) is 0 Å². The van der Waals surface area contributed by atoms with Crippen molar-refractivity contribution in [3.63, 3.8) is 0 Å². The van der Waals surface area contributed by atoms with Crippen LogP contribution in [0.15, 0.2) is 52.7 Å². The van der Waals surface area contributed by atoms with Crippen LogP contribution in [-0.2, 0) is 9.63 Å². The number of aryl methyl sites for hydroxylation is 1. The first-order valence-corrected chi connectivity index (χ1v) is 6.25. The molecule has 0 aliphatic heterocycles. The molecule has 1 aliphatic carbocycles. The van der Waals surface area contributed by atoms with Crippen molar-refractivity contribution in [1.29, 1.82) is 0 Å². The molecule has 1 aromatic rings. The molecule has 20 heavy (non-hydrogen) atoms. The summed E-state index contributed by atoms with van der Waals surface area (Å²) in [5, 5.41) is 3.83. The van der Waals surface area contributed by atoms with E-state index < -0.39 is 5.97 Å². The van der Waals surface area contributed by atoms with E-state index in [4.69, 9.17) is 4.84 Å². The van der Waals surface area contributed by atoms with Gasteiger partial charge in [-0.3, -0.25) is 4.79 Å². The van der Waals surface area contributed by atoms with Gasteiger partial charge in [0.05, 0.1) is 5.56 Å². The molecule has 0 atom stereocenters. The Morgan fingerprint density at radius 3 is 2.55 bits per heavy atom. The summed E-state index contributed by atoms with van der Waals surface area (Å²) >= 11 is 0. The van der Waals surface area contributed by atoms with E-state index in [9.17, 15) is 9.59 Å². The van der Waals surface area contributed by atoms with E-state index in [2.05, 4.69) is 5.16 Å². The van der Waals surface area contributed by atoms with Crippen LogP contribution in [0.4, 0.5) is 0 Å². The molecule has 4 nitrogen and oxygen atoms in total. The quantitative estimate of drug-likeness (QED) is 0.471. The van der Waals surface area contributed by atoms with Crippen LogP contribution in [0.5, 0.6) is 0 Å². The number of ketones is 1. The zero-order valence-electron chi connectivity index (χ0n) is 11.6. The van der Waals surface area contributed by atoms with Crippen LogP contribution in [0.2, 0.25) is 0 Å². The van der Waals surface area contributed by atoms with Gasteiger partial charge >= 0.3 is 5.97 Å². The van der Waals surface area contributed by atoms with Gasteiger partial charge in [-0.15, -0.1) is 0 Å². The molecule has 0 spiro atoms. The molecule has 1 aliphatic rings. The molecule has 0 saturated carbocycles. The van der Waals surface area contributed by atoms with E-state index in [0.717, 1.165) is 11.1 Å². The normalized spacial score (nSPS) is 16.8. The second-order valence-electron chi connectivity index (χ2n) is 4.67. The van der Waals surface area contributed by atoms with Crippen molar-refractivity contribution in [2.75, 3.05) is 0 Å². The lowest BCUT2D eigenvalue weighted by Gasteiger charge is -2.09. The third kappa shape index (κ3) is 2.91. The van der Waals surface area contributed by atoms with Crippen LogP contribution in [0.1, 0.15) is 29.8 Å². The topological polar surface area (TPSA) is 55.7 Å². The Kier molecular flexibility index (Phi) is 3.94. The molecule has 0 unspecified atom stereocenters. The number of hydrogen-bond acceptors (Lipinski definition) is 4. The van der Waals surface area contributed by atoms with E-state index in [1.165, 1.54) is 6.08 Å². The molecule has 4 heteroatoms. The Bertz CT molecular complexity index is 666. The monoisotopic (exact) mass is 269 g/mol. The minimum absolute atomic E-state index is 0.0496. The van der Waals surface area contributed by atoms with E-state index in [1.807, 2.05) is 13.0 Å². The van der Waals surface area contributed by atoms with Gasteiger partial charge in [-0.05, 0) is 50.6 Å². The largest absolute Gasteiger partial charge is 0.365 e. The number of allylic oxidation sites excluding steroid dienone is 4. The fraction of sp³-hybridized carbons (Fsp3) is 0.188. The highest BCUT2D eigenvalue weighted by Crippen LogP contribution is 2.14. The molecule has 0 N–H and O–H groups in total. The number of rotatable bonds is 2. The van der Waals surface area contributed by atoms with Gasteiger partial charge in [0.15, 0.2) is 5.78 Å². The van der Waals surface area contributed by atoms with Gasteiger partial charge in [0.2, 0.25) is 0 Å². The van der Waals surface area contributed by atoms with Crippen molar-refractivity contribution in [3.05, 3.63) is 58.7 Å². The van der Waals surface area contributed by atoms with Gasteiger partial charge < -0.3 is 4.84 Å². The maximum Gasteiger partial charge on any atom is 0.365 e. The number of benzene rings is 1. The molecule has 0 bridgehead atoms. The van der Waals surface area contributed by atoms with Crippen molar-refractivity contribution in [1.82, 2.24) is 0 Å². The fourth-order valence-electron chi connectivity index (χ4n) is 1.80. The van der Waals surface area contributed by atoms with Crippen molar-refractivity contribution in [2.24, 2.45) is 5.16 Å². The predicted octanol–water partition coefficient (Wildman–Crippen LogP) is 2.98. The van der Waals surface area contributed by atoms with Crippen LogP contribution in [0.3, 0.4) is 0 Å². The summed E-state index contributed by atoms with van der Waals surface area (Å²) in [6.45, 7) is 5.39. The van der Waals surface area contributed by atoms with Gasteiger partial charge in [-0.2, -0.15) is 0 Å². The Morgan fingerprint density at radius 1 is 1.10 bits per heavy atom. The molecular formula is C16H15NO3. The molecule has 0 aromatic heterocycles. The summed E-state index contributed by atoms with van der Waals surface area (Å²) in [7, 11) is 0. The standard InChI is InChI=1S/C16H15NO3/c1-10-5-4-6-13(9-10)16(19)20-17-14-7-8-15(18)12(3)11(14)2/h4-9H,1-3H3. The summed E-state index contributed by atoms with van der Waals surface area (Å²) in [5.74, 6) is -0.566. The van der Waals surface area contributed by atoms with E-state index in [0.29, 0.717) is 16.8 Å². The van der Waals surface area contributed by atoms with Crippen LogP contribution in [0, 0.1) is 6.92 Å². The Hall–Kier alpha value is -2.49. The molecular weight excluding hydrogens is 254 g/mol. The molecule has 0 radical (unpaired) electrons. The first-order valence-electron chi connectivity index (χ1n) is 6.25. The van der Waals surface area contributed by atoms with Gasteiger partial charge in [0, 0.05) is 5.57 Å². The maximum atomic E-state index is 11.9. The first kappa shape index (κ1) is 13.9. The third-order valence-corrected chi connectivity index (χ3v) is 3.19. The van der Waals surface area contributed by atoms with E-state index in [-0.39, 0.29) is 5.78 Å². The lowest BCUT2D eigenvalue weighted by molar-refractivity contribution is -0.111. The van der Waals surface area contributed by atoms with Crippen molar-refractivity contribution in [3.8, 4) is 0 Å². The zero-order valence-corrected chi connectivity index (χ0v) is 11.6. The van der Waals surface area contributed by atoms with Gasteiger partial charge in [0.25, 0.3) is 0 Å². The van der Waals surface area contributed by atoms with Crippen LogP contribution in [-0.4, -0.2) is 17.5 Å². The van der Waals surface area contributed by atoms with E-state index in [1.54, 1.807) is 38.1 Å². The molecule has 0 fully saturated rings. The second kappa shape index (κ2) is 5.65. The Morgan fingerprint density at radius 2 is 1.85 bits per heavy atom. The molecule has 102 valence electrons. The highest BCUT2D eigenvalue weighted by atomic mass is 16.7. The van der Waals surface area contributed by atoms with Gasteiger partial charge in [-0.25, -0.2) is 4.79 Å². The third-order valence-electron chi connectivity index (χ3n) is 3.19. The summed E-state index contributed by atoms with van der Waals surface area (Å²) in [5.41, 5.74) is 3.24. The number of nitrogens with zero attached hydrogens (tertiary/aromatic N) is 1. The lowest BCUT2D eigenvalue weighted by Crippen LogP contribution is -2.12. The SMILES string of the molecule is CC1=C(C)C(=NOC(=O)c2cccc(C)c2)C=CC1=O. The van der Waals surface area contributed by atoms with Crippen molar-refractivity contribution >= 4 is 17.5 Å². The minimum atomic E-state index is -0.517. The highest BCUT2D eigenvalue weighted by molar-refractivity contribution is 6.21. The van der Waals surface area contributed by atoms with Crippen LogP contribution >= 0.6 is 0 Å². The highest BCUT2D eigenvalue weighted by Gasteiger charge is 2.15. The summed E-state index contributed by atoms with van der Waals surface area (Å²) in [6, 6.07) is 7.09. The molecule has 0 saturated heterocycles. The summed E-state index contributed by atoms with van der Waals surface area (Å²) in [6.07, 6.45) is 2.97. The van der Waals surface area contributed by atoms with Crippen molar-refractivity contribution < 1.29 is 14.4 Å². The average molecular weight is 269 g/mol. The molecule has 1 aromatic carbocycles. The smallest absolute Gasteiger partial charge is 0.312 e. The maximum absolute atomic E-state index is 11.9.